The van der Waals surface area contributed by atoms with Crippen LogP contribution in [0.4, 0.5) is 0 Å². The van der Waals surface area contributed by atoms with Crippen molar-refractivity contribution < 1.29 is 14.3 Å². The van der Waals surface area contributed by atoms with Gasteiger partial charge < -0.3 is 19.4 Å². The Labute approximate surface area is 140 Å². The highest BCUT2D eigenvalue weighted by Crippen LogP contribution is 2.30. The van der Waals surface area contributed by atoms with Gasteiger partial charge in [-0.3, -0.25) is 4.79 Å². The number of hydrogen-bond donors (Lipinski definition) is 1. The van der Waals surface area contributed by atoms with Crippen molar-refractivity contribution in [2.45, 2.75) is 38.8 Å². The number of imidazole rings is 1. The van der Waals surface area contributed by atoms with Crippen molar-refractivity contribution >= 4 is 5.91 Å². The minimum Gasteiger partial charge on any atom is -0.490 e. The van der Waals surface area contributed by atoms with E-state index in [1.54, 1.807) is 12.1 Å². The van der Waals surface area contributed by atoms with Gasteiger partial charge in [0.25, 0.3) is 5.91 Å². The molecule has 0 fully saturated rings. The molecule has 2 aromatic rings. The molecule has 4 rings (SSSR count). The van der Waals surface area contributed by atoms with Crippen molar-refractivity contribution in [1.29, 1.82) is 0 Å². The predicted molar refractivity (Wildman–Crippen MR) is 88.6 cm³/mol. The molecule has 1 aromatic heterocycles. The monoisotopic (exact) mass is 327 g/mol. The summed E-state index contributed by atoms with van der Waals surface area (Å²) in [6.45, 7) is 4.03. The number of rotatable bonds is 2. The molecule has 1 amide bonds. The van der Waals surface area contributed by atoms with Crippen molar-refractivity contribution in [2.24, 2.45) is 0 Å². The molecule has 0 spiro atoms. The van der Waals surface area contributed by atoms with Gasteiger partial charge in [0.2, 0.25) is 0 Å². The summed E-state index contributed by atoms with van der Waals surface area (Å²) in [6.07, 6.45) is 4.69. The van der Waals surface area contributed by atoms with Crippen LogP contribution in [0.25, 0.3) is 0 Å². The van der Waals surface area contributed by atoms with Crippen molar-refractivity contribution in [2.75, 3.05) is 13.2 Å². The van der Waals surface area contributed by atoms with Crippen molar-refractivity contribution in [3.63, 3.8) is 0 Å². The molecule has 6 nitrogen and oxygen atoms in total. The van der Waals surface area contributed by atoms with E-state index < -0.39 is 0 Å². The first kappa shape index (κ1) is 15.1. The number of aromatic nitrogens is 2. The molecular weight excluding hydrogens is 306 g/mol. The van der Waals surface area contributed by atoms with E-state index in [-0.39, 0.29) is 11.9 Å². The maximum absolute atomic E-state index is 12.6. The normalized spacial score (nSPS) is 19.3. The van der Waals surface area contributed by atoms with E-state index in [1.165, 1.54) is 0 Å². The minimum atomic E-state index is -0.0732. The summed E-state index contributed by atoms with van der Waals surface area (Å²) in [4.78, 5) is 17.1. The second kappa shape index (κ2) is 6.19. The van der Waals surface area contributed by atoms with E-state index in [4.69, 9.17) is 9.47 Å². The second-order valence-electron chi connectivity index (χ2n) is 6.37. The summed E-state index contributed by atoms with van der Waals surface area (Å²) in [5, 5.41) is 3.12. The molecule has 0 saturated heterocycles. The number of hydrogen-bond acceptors (Lipinski definition) is 4. The largest absolute Gasteiger partial charge is 0.490 e. The summed E-state index contributed by atoms with van der Waals surface area (Å²) in [5.41, 5.74) is 1.63. The van der Waals surface area contributed by atoms with Crippen LogP contribution in [-0.2, 0) is 13.0 Å². The fourth-order valence-corrected chi connectivity index (χ4v) is 3.28. The van der Waals surface area contributed by atoms with Gasteiger partial charge in [0, 0.05) is 37.2 Å². The topological polar surface area (TPSA) is 65.4 Å². The van der Waals surface area contributed by atoms with Crippen LogP contribution in [0, 0.1) is 6.92 Å². The van der Waals surface area contributed by atoms with Crippen LogP contribution in [0.3, 0.4) is 0 Å². The molecule has 24 heavy (non-hydrogen) atoms. The number of ether oxygens (including phenoxy) is 2. The Balaban J connectivity index is 1.46. The van der Waals surface area contributed by atoms with Gasteiger partial charge in [-0.25, -0.2) is 4.98 Å². The first-order valence-corrected chi connectivity index (χ1v) is 8.42. The van der Waals surface area contributed by atoms with Gasteiger partial charge >= 0.3 is 0 Å². The van der Waals surface area contributed by atoms with E-state index in [9.17, 15) is 4.79 Å². The highest BCUT2D eigenvalue weighted by molar-refractivity contribution is 5.95. The molecule has 1 atom stereocenters. The smallest absolute Gasteiger partial charge is 0.251 e. The molecule has 6 heteroatoms. The zero-order valence-electron chi connectivity index (χ0n) is 13.7. The van der Waals surface area contributed by atoms with Gasteiger partial charge in [-0.15, -0.1) is 0 Å². The Bertz CT molecular complexity index is 769. The molecule has 2 aliphatic rings. The number of aryl methyl sites for hydroxylation is 2. The van der Waals surface area contributed by atoms with Crippen LogP contribution in [0.5, 0.6) is 11.5 Å². The fraction of sp³-hybridized carbons (Fsp3) is 0.444. The lowest BCUT2D eigenvalue weighted by atomic mass is 10.1. The molecule has 0 radical (unpaired) electrons. The van der Waals surface area contributed by atoms with Gasteiger partial charge in [0.15, 0.2) is 11.5 Å². The molecule has 126 valence electrons. The number of benzene rings is 1. The Morgan fingerprint density at radius 2 is 2.12 bits per heavy atom. The minimum absolute atomic E-state index is 0.0732. The molecule has 1 N–H and O–H groups in total. The molecule has 1 unspecified atom stereocenters. The van der Waals surface area contributed by atoms with Gasteiger partial charge in [-0.05, 0) is 31.5 Å². The Kier molecular flexibility index (Phi) is 3.88. The number of carbonyl (C=O) groups is 1. The van der Waals surface area contributed by atoms with Crippen LogP contribution >= 0.6 is 0 Å². The predicted octanol–water partition coefficient (Wildman–Crippen LogP) is 2.10. The van der Waals surface area contributed by atoms with E-state index in [0.29, 0.717) is 30.3 Å². The summed E-state index contributed by atoms with van der Waals surface area (Å²) < 4.78 is 13.4. The van der Waals surface area contributed by atoms with Crippen LogP contribution in [-0.4, -0.2) is 34.7 Å². The summed E-state index contributed by atoms with van der Waals surface area (Å²) >= 11 is 0. The lowest BCUT2D eigenvalue weighted by Crippen LogP contribution is -2.40. The van der Waals surface area contributed by atoms with E-state index in [1.807, 2.05) is 19.2 Å². The molecule has 0 aliphatic carbocycles. The number of carbonyl (C=O) groups excluding carboxylic acids is 1. The third-order valence-electron chi connectivity index (χ3n) is 4.46. The second-order valence-corrected chi connectivity index (χ2v) is 6.37. The van der Waals surface area contributed by atoms with Gasteiger partial charge in [0.1, 0.15) is 5.82 Å². The maximum atomic E-state index is 12.6. The van der Waals surface area contributed by atoms with Crippen LogP contribution in [0.2, 0.25) is 0 Å². The SMILES string of the molecule is Cc1cn2c(n1)CCC(NC(=O)c1ccc3c(c1)OCCCO3)C2. The highest BCUT2D eigenvalue weighted by atomic mass is 16.5. The number of amides is 1. The molecule has 3 heterocycles. The van der Waals surface area contributed by atoms with E-state index in [2.05, 4.69) is 14.9 Å². The van der Waals surface area contributed by atoms with E-state index in [0.717, 1.165) is 37.3 Å². The number of nitrogens with one attached hydrogen (secondary N) is 1. The van der Waals surface area contributed by atoms with Gasteiger partial charge in [0.05, 0.1) is 18.9 Å². The summed E-state index contributed by atoms with van der Waals surface area (Å²) in [5.74, 6) is 2.39. The Hall–Kier alpha value is -2.50. The summed E-state index contributed by atoms with van der Waals surface area (Å²) in [6, 6.07) is 5.49. The van der Waals surface area contributed by atoms with Crippen LogP contribution in [0.1, 0.15) is 34.7 Å². The standard InChI is InChI=1S/C18H21N3O3/c1-12-10-21-11-14(4-6-17(21)19-12)20-18(22)13-3-5-15-16(9-13)24-8-2-7-23-15/h3,5,9-10,14H,2,4,6-8,11H2,1H3,(H,20,22). The average molecular weight is 327 g/mol. The van der Waals surface area contributed by atoms with Crippen molar-refractivity contribution in [3.05, 3.63) is 41.5 Å². The van der Waals surface area contributed by atoms with Gasteiger partial charge in [-0.2, -0.15) is 0 Å². The maximum Gasteiger partial charge on any atom is 0.251 e. The summed E-state index contributed by atoms with van der Waals surface area (Å²) in [7, 11) is 0. The highest BCUT2D eigenvalue weighted by Gasteiger charge is 2.22. The molecule has 2 aliphatic heterocycles. The Morgan fingerprint density at radius 1 is 1.29 bits per heavy atom. The zero-order chi connectivity index (χ0) is 16.5. The Morgan fingerprint density at radius 3 is 3.00 bits per heavy atom. The molecule has 0 bridgehead atoms. The average Bonchev–Trinajstić information content (AvgIpc) is 2.79. The molecule has 1 aromatic carbocycles. The van der Waals surface area contributed by atoms with Crippen LogP contribution in [0.15, 0.2) is 24.4 Å². The number of fused-ring (bicyclic) bond motifs is 2. The lowest BCUT2D eigenvalue weighted by Gasteiger charge is -2.24. The van der Waals surface area contributed by atoms with Crippen molar-refractivity contribution in [3.8, 4) is 11.5 Å². The lowest BCUT2D eigenvalue weighted by molar-refractivity contribution is 0.0927. The molecular formula is C18H21N3O3. The fourth-order valence-electron chi connectivity index (χ4n) is 3.28. The van der Waals surface area contributed by atoms with Gasteiger partial charge in [-0.1, -0.05) is 0 Å². The zero-order valence-corrected chi connectivity index (χ0v) is 13.7. The van der Waals surface area contributed by atoms with Crippen LogP contribution < -0.4 is 14.8 Å². The number of nitrogens with zero attached hydrogens (tertiary/aromatic N) is 2. The quantitative estimate of drug-likeness (QED) is 0.917. The third-order valence-corrected chi connectivity index (χ3v) is 4.46. The van der Waals surface area contributed by atoms with E-state index >= 15 is 0 Å². The third kappa shape index (κ3) is 2.96. The first-order valence-electron chi connectivity index (χ1n) is 8.42. The first-order chi connectivity index (χ1) is 11.7. The van der Waals surface area contributed by atoms with Crippen molar-refractivity contribution in [1.82, 2.24) is 14.9 Å². The molecule has 0 saturated carbocycles.